The van der Waals surface area contributed by atoms with Crippen LogP contribution in [0.2, 0.25) is 0 Å². The molecule has 1 aliphatic carbocycles. The van der Waals surface area contributed by atoms with Crippen LogP contribution in [-0.4, -0.2) is 22.4 Å². The van der Waals surface area contributed by atoms with Gasteiger partial charge in [-0.3, -0.25) is 4.99 Å². The van der Waals surface area contributed by atoms with E-state index < -0.39 is 5.97 Å². The molecule has 2 N–H and O–H groups in total. The van der Waals surface area contributed by atoms with Crippen LogP contribution >= 0.6 is 0 Å². The van der Waals surface area contributed by atoms with Gasteiger partial charge in [0, 0.05) is 11.8 Å². The molecule has 0 bridgehead atoms. The molecule has 2 aromatic carbocycles. The topological polar surface area (TPSA) is 94.6 Å². The molecule has 0 saturated heterocycles. The normalized spacial score (nSPS) is 14.5. The van der Waals surface area contributed by atoms with E-state index in [-0.39, 0.29) is 11.3 Å². The van der Waals surface area contributed by atoms with Crippen LogP contribution in [0.25, 0.3) is 0 Å². The molecule has 0 aromatic heterocycles. The first-order valence-electron chi connectivity index (χ1n) is 8.10. The van der Waals surface area contributed by atoms with Crippen molar-refractivity contribution in [2.75, 3.05) is 0 Å². The minimum atomic E-state index is -0.976. The smallest absolute Gasteiger partial charge is 0.333 e. The van der Waals surface area contributed by atoms with Crippen LogP contribution in [-0.2, 0) is 4.79 Å². The maximum Gasteiger partial charge on any atom is 0.333 e. The molecule has 0 unspecified atom stereocenters. The first-order chi connectivity index (χ1) is 12.6. The summed E-state index contributed by atoms with van der Waals surface area (Å²) >= 11 is 0. The van der Waals surface area contributed by atoms with Gasteiger partial charge in [0.2, 0.25) is 0 Å². The molecule has 3 rings (SSSR count). The highest BCUT2D eigenvalue weighted by Gasteiger charge is 2.14. The molecule has 130 valence electrons. The molecule has 0 spiro atoms. The highest BCUT2D eigenvalue weighted by atomic mass is 16.4. The maximum atomic E-state index is 11.3. The zero-order valence-electron chi connectivity index (χ0n) is 13.9. The fraction of sp³-hybridized carbons (Fsp3) is 0.100. The lowest BCUT2D eigenvalue weighted by Gasteiger charge is -2.08. The minimum Gasteiger partial charge on any atom is -0.507 e. The second-order valence-corrected chi connectivity index (χ2v) is 5.65. The fourth-order valence-corrected chi connectivity index (χ4v) is 2.45. The summed E-state index contributed by atoms with van der Waals surface area (Å²) < 4.78 is 0. The van der Waals surface area contributed by atoms with Crippen molar-refractivity contribution in [3.8, 4) is 5.75 Å². The number of aliphatic carboxylic acids is 1. The van der Waals surface area contributed by atoms with Gasteiger partial charge in [-0.1, -0.05) is 24.3 Å². The molecule has 0 saturated carbocycles. The van der Waals surface area contributed by atoms with Gasteiger partial charge in [-0.05, 0) is 49.2 Å². The van der Waals surface area contributed by atoms with Gasteiger partial charge in [-0.2, -0.15) is 10.2 Å². The van der Waals surface area contributed by atoms with E-state index in [1.807, 2.05) is 36.4 Å². The lowest BCUT2D eigenvalue weighted by Crippen LogP contribution is -2.05. The van der Waals surface area contributed by atoms with Crippen LogP contribution in [0.4, 0.5) is 11.4 Å². The number of rotatable bonds is 5. The summed E-state index contributed by atoms with van der Waals surface area (Å²) in [6.45, 7) is 0. The Bertz CT molecular complexity index is 929. The second-order valence-electron chi connectivity index (χ2n) is 5.65. The molecule has 1 aliphatic rings. The van der Waals surface area contributed by atoms with E-state index in [1.165, 1.54) is 12.3 Å². The number of aliphatic imine (C=N–C) groups is 1. The summed E-state index contributed by atoms with van der Waals surface area (Å²) in [5, 5.41) is 27.5. The van der Waals surface area contributed by atoms with Crippen LogP contribution in [0.5, 0.6) is 5.75 Å². The Hall–Kier alpha value is -3.54. The summed E-state index contributed by atoms with van der Waals surface area (Å²) in [7, 11) is 0. The van der Waals surface area contributed by atoms with E-state index in [4.69, 9.17) is 0 Å². The first-order valence-corrected chi connectivity index (χ1v) is 8.10. The van der Waals surface area contributed by atoms with Crippen molar-refractivity contribution in [2.24, 2.45) is 15.2 Å². The number of carboxylic acids is 1. The molecule has 26 heavy (non-hydrogen) atoms. The van der Waals surface area contributed by atoms with Gasteiger partial charge in [0.05, 0.1) is 22.6 Å². The summed E-state index contributed by atoms with van der Waals surface area (Å²) in [4.78, 5) is 15.5. The highest BCUT2D eigenvalue weighted by Crippen LogP contribution is 2.25. The molecule has 6 nitrogen and oxygen atoms in total. The van der Waals surface area contributed by atoms with Gasteiger partial charge in [-0.15, -0.1) is 0 Å². The SMILES string of the molecule is O=C(O)C1=C(N=Cc2cc(N=Nc3ccccc3)ccc2O)C=CCC1. The Labute approximate surface area is 150 Å². The predicted octanol–water partition coefficient (Wildman–Crippen LogP) is 4.92. The van der Waals surface area contributed by atoms with Crippen molar-refractivity contribution < 1.29 is 15.0 Å². The summed E-state index contributed by atoms with van der Waals surface area (Å²) in [6.07, 6.45) is 6.12. The van der Waals surface area contributed by atoms with Crippen molar-refractivity contribution in [1.82, 2.24) is 0 Å². The third-order valence-electron chi connectivity index (χ3n) is 3.80. The van der Waals surface area contributed by atoms with Gasteiger partial charge in [0.1, 0.15) is 5.75 Å². The molecule has 0 amide bonds. The van der Waals surface area contributed by atoms with Gasteiger partial charge in [0.25, 0.3) is 0 Å². The van der Waals surface area contributed by atoms with E-state index in [0.29, 0.717) is 29.8 Å². The number of carboxylic acid groups (broad SMARTS) is 1. The summed E-state index contributed by atoms with van der Waals surface area (Å²) in [6, 6.07) is 14.1. The average molecular weight is 347 g/mol. The molecule has 2 aromatic rings. The third kappa shape index (κ3) is 4.30. The van der Waals surface area contributed by atoms with Crippen molar-refractivity contribution in [2.45, 2.75) is 12.8 Å². The number of carbonyl (C=O) groups is 1. The quantitative estimate of drug-likeness (QED) is 0.594. The summed E-state index contributed by atoms with van der Waals surface area (Å²) in [5.74, 6) is -0.944. The Kier molecular flexibility index (Phi) is 5.34. The van der Waals surface area contributed by atoms with Crippen LogP contribution in [0.15, 0.2) is 87.2 Å². The average Bonchev–Trinajstić information content (AvgIpc) is 2.67. The molecule has 0 atom stereocenters. The van der Waals surface area contributed by atoms with Crippen LogP contribution in [0, 0.1) is 0 Å². The number of hydrogen-bond donors (Lipinski definition) is 2. The Morgan fingerprint density at radius 1 is 1.04 bits per heavy atom. The van der Waals surface area contributed by atoms with Gasteiger partial charge < -0.3 is 10.2 Å². The van der Waals surface area contributed by atoms with Gasteiger partial charge >= 0.3 is 5.97 Å². The van der Waals surface area contributed by atoms with Gasteiger partial charge in [0.15, 0.2) is 0 Å². The van der Waals surface area contributed by atoms with E-state index in [9.17, 15) is 15.0 Å². The lowest BCUT2D eigenvalue weighted by molar-refractivity contribution is -0.132. The van der Waals surface area contributed by atoms with Crippen molar-refractivity contribution in [3.05, 3.63) is 77.5 Å². The number of azo groups is 1. The molecule has 0 radical (unpaired) electrons. The molecule has 0 heterocycles. The van der Waals surface area contributed by atoms with Crippen molar-refractivity contribution in [3.63, 3.8) is 0 Å². The Morgan fingerprint density at radius 3 is 2.58 bits per heavy atom. The van der Waals surface area contributed by atoms with Crippen LogP contribution < -0.4 is 0 Å². The van der Waals surface area contributed by atoms with Crippen LogP contribution in [0.1, 0.15) is 18.4 Å². The molecule has 6 heteroatoms. The van der Waals surface area contributed by atoms with Crippen molar-refractivity contribution >= 4 is 23.6 Å². The number of nitrogens with zero attached hydrogens (tertiary/aromatic N) is 3. The number of phenols is 1. The Balaban J connectivity index is 1.85. The van der Waals surface area contributed by atoms with Crippen LogP contribution in [0.3, 0.4) is 0 Å². The fourth-order valence-electron chi connectivity index (χ4n) is 2.45. The van der Waals surface area contributed by atoms with Crippen molar-refractivity contribution in [1.29, 1.82) is 0 Å². The monoisotopic (exact) mass is 347 g/mol. The highest BCUT2D eigenvalue weighted by molar-refractivity contribution is 5.90. The third-order valence-corrected chi connectivity index (χ3v) is 3.80. The maximum absolute atomic E-state index is 11.3. The standard InChI is InChI=1S/C20H17N3O3/c24-19-11-10-16(23-22-15-6-2-1-3-7-15)12-14(19)13-21-18-9-5-4-8-17(18)20(25)26/h1-3,5-7,9-13,24H,4,8H2,(H,25,26). The number of benzene rings is 2. The first kappa shape index (κ1) is 17.3. The Morgan fingerprint density at radius 2 is 1.81 bits per heavy atom. The molecular formula is C20H17N3O3. The largest absolute Gasteiger partial charge is 0.507 e. The lowest BCUT2D eigenvalue weighted by atomic mass is 10.0. The van der Waals surface area contributed by atoms with E-state index in [0.717, 1.165) is 5.69 Å². The number of hydrogen-bond acceptors (Lipinski definition) is 5. The zero-order valence-corrected chi connectivity index (χ0v) is 13.9. The molecule has 0 aliphatic heterocycles. The number of allylic oxidation sites excluding steroid dienone is 2. The van der Waals surface area contributed by atoms with E-state index in [2.05, 4.69) is 15.2 Å². The van der Waals surface area contributed by atoms with Gasteiger partial charge in [-0.25, -0.2) is 4.79 Å². The van der Waals surface area contributed by atoms with E-state index >= 15 is 0 Å². The molecule has 0 fully saturated rings. The predicted molar refractivity (Wildman–Crippen MR) is 99.4 cm³/mol. The minimum absolute atomic E-state index is 0.0321. The zero-order chi connectivity index (χ0) is 18.4. The second kappa shape index (κ2) is 8.02. The number of phenolic OH excluding ortho intramolecular Hbond substituents is 1. The molecular weight excluding hydrogens is 330 g/mol. The summed E-state index contributed by atoms with van der Waals surface area (Å²) in [5.41, 5.74) is 2.37. The van der Waals surface area contributed by atoms with E-state index in [1.54, 1.807) is 18.2 Å². The number of aromatic hydroxyl groups is 1.